The number of hydrogen-bond acceptors (Lipinski definition) is 5. The van der Waals surface area contributed by atoms with Gasteiger partial charge in [-0.1, -0.05) is 6.07 Å². The lowest BCUT2D eigenvalue weighted by atomic mass is 9.99. The summed E-state index contributed by atoms with van der Waals surface area (Å²) in [7, 11) is -2.26. The van der Waals surface area contributed by atoms with Gasteiger partial charge in [0.1, 0.15) is 10.6 Å². The zero-order valence-electron chi connectivity index (χ0n) is 14.5. The van der Waals surface area contributed by atoms with Crippen LogP contribution in [0.4, 0.5) is 0 Å². The highest BCUT2D eigenvalue weighted by Crippen LogP contribution is 2.30. The first kappa shape index (κ1) is 21.7. The molecule has 0 aliphatic carbocycles. The Morgan fingerprint density at radius 2 is 2.16 bits per heavy atom. The first-order valence-corrected chi connectivity index (χ1v) is 9.46. The second-order valence-corrected chi connectivity index (χ2v) is 7.84. The Morgan fingerprint density at radius 1 is 1.44 bits per heavy atom. The van der Waals surface area contributed by atoms with Gasteiger partial charge in [0.2, 0.25) is 15.9 Å². The van der Waals surface area contributed by atoms with E-state index in [1.807, 2.05) is 6.92 Å². The van der Waals surface area contributed by atoms with Crippen molar-refractivity contribution in [3.8, 4) is 5.75 Å². The van der Waals surface area contributed by atoms with Crippen molar-refractivity contribution >= 4 is 28.3 Å². The molecule has 1 atom stereocenters. The number of nitrogens with two attached hydrogens (primary N) is 1. The molecule has 0 radical (unpaired) electrons. The fourth-order valence-corrected chi connectivity index (χ4v) is 4.60. The molecule has 9 heteroatoms. The lowest BCUT2D eigenvalue weighted by Gasteiger charge is -2.31. The van der Waals surface area contributed by atoms with Crippen LogP contribution in [-0.4, -0.2) is 51.9 Å². The second kappa shape index (κ2) is 9.38. The Balaban J connectivity index is 0.00000312. The summed E-state index contributed by atoms with van der Waals surface area (Å²) in [5.41, 5.74) is 6.23. The molecule has 1 aliphatic rings. The first-order chi connectivity index (χ1) is 11.4. The zero-order chi connectivity index (χ0) is 17.7. The third kappa shape index (κ3) is 5.07. The van der Waals surface area contributed by atoms with Gasteiger partial charge in [0.25, 0.3) is 0 Å². The SMILES string of the molecule is COc1ccc(C)cc1S(=O)(=O)N1CCCC(C(=O)NCCN)C1.Cl. The molecule has 25 heavy (non-hydrogen) atoms. The van der Waals surface area contributed by atoms with E-state index in [1.165, 1.54) is 11.4 Å². The number of methoxy groups -OCH3 is 1. The molecule has 3 N–H and O–H groups in total. The number of hydrogen-bond donors (Lipinski definition) is 2. The maximum absolute atomic E-state index is 13.0. The van der Waals surface area contributed by atoms with Gasteiger partial charge in [0, 0.05) is 26.2 Å². The number of ether oxygens (including phenoxy) is 1. The summed E-state index contributed by atoms with van der Waals surface area (Å²) in [5.74, 6) is -0.178. The maximum atomic E-state index is 13.0. The van der Waals surface area contributed by atoms with Crippen molar-refractivity contribution in [2.24, 2.45) is 11.7 Å². The third-order valence-electron chi connectivity index (χ3n) is 4.14. The topological polar surface area (TPSA) is 102 Å². The molecule has 1 heterocycles. The van der Waals surface area contributed by atoms with E-state index in [0.717, 1.165) is 5.56 Å². The zero-order valence-corrected chi connectivity index (χ0v) is 16.2. The van der Waals surface area contributed by atoms with Gasteiger partial charge in [-0.25, -0.2) is 8.42 Å². The molecule has 1 unspecified atom stereocenters. The molecular formula is C16H26ClN3O4S. The summed E-state index contributed by atoms with van der Waals surface area (Å²) in [6, 6.07) is 5.06. The Bertz CT molecular complexity index is 697. The summed E-state index contributed by atoms with van der Waals surface area (Å²) in [4.78, 5) is 12.3. The molecule has 1 saturated heterocycles. The van der Waals surface area contributed by atoms with Crippen LogP contribution in [-0.2, 0) is 14.8 Å². The van der Waals surface area contributed by atoms with Gasteiger partial charge >= 0.3 is 0 Å². The monoisotopic (exact) mass is 391 g/mol. The summed E-state index contributed by atoms with van der Waals surface area (Å²) in [6.45, 7) is 3.17. The van der Waals surface area contributed by atoms with E-state index in [0.29, 0.717) is 38.2 Å². The number of amides is 1. The van der Waals surface area contributed by atoms with Gasteiger partial charge in [-0.15, -0.1) is 12.4 Å². The minimum atomic E-state index is -3.71. The summed E-state index contributed by atoms with van der Waals surface area (Å²) < 4.78 is 32.6. The van der Waals surface area contributed by atoms with Crippen molar-refractivity contribution in [1.82, 2.24) is 9.62 Å². The number of aryl methyl sites for hydroxylation is 1. The predicted octanol–water partition coefficient (Wildman–Crippen LogP) is 0.901. The highest BCUT2D eigenvalue weighted by atomic mass is 35.5. The summed E-state index contributed by atoms with van der Waals surface area (Å²) >= 11 is 0. The van der Waals surface area contributed by atoms with E-state index in [4.69, 9.17) is 10.5 Å². The minimum Gasteiger partial charge on any atom is -0.495 e. The molecular weight excluding hydrogens is 366 g/mol. The van der Waals surface area contributed by atoms with Crippen molar-refractivity contribution in [3.05, 3.63) is 23.8 Å². The fourth-order valence-electron chi connectivity index (χ4n) is 2.84. The third-order valence-corrected chi connectivity index (χ3v) is 6.02. The number of carbonyl (C=O) groups is 1. The molecule has 1 fully saturated rings. The highest BCUT2D eigenvalue weighted by Gasteiger charge is 2.34. The van der Waals surface area contributed by atoms with E-state index in [9.17, 15) is 13.2 Å². The van der Waals surface area contributed by atoms with E-state index in [2.05, 4.69) is 5.32 Å². The van der Waals surface area contributed by atoms with Crippen molar-refractivity contribution in [2.75, 3.05) is 33.3 Å². The van der Waals surface area contributed by atoms with Gasteiger partial charge in [0.05, 0.1) is 13.0 Å². The number of halogens is 1. The van der Waals surface area contributed by atoms with Crippen molar-refractivity contribution < 1.29 is 17.9 Å². The lowest BCUT2D eigenvalue weighted by molar-refractivity contribution is -0.126. The number of carbonyl (C=O) groups excluding carboxylic acids is 1. The van der Waals surface area contributed by atoms with Crippen LogP contribution < -0.4 is 15.8 Å². The van der Waals surface area contributed by atoms with E-state index in [1.54, 1.807) is 18.2 Å². The van der Waals surface area contributed by atoms with Crippen LogP contribution in [0.25, 0.3) is 0 Å². The van der Waals surface area contributed by atoms with Gasteiger partial charge in [0.15, 0.2) is 0 Å². The fraction of sp³-hybridized carbons (Fsp3) is 0.562. The van der Waals surface area contributed by atoms with Crippen molar-refractivity contribution in [1.29, 1.82) is 0 Å². The first-order valence-electron chi connectivity index (χ1n) is 8.02. The Labute approximate surface area is 155 Å². The molecule has 1 aliphatic heterocycles. The smallest absolute Gasteiger partial charge is 0.246 e. The van der Waals surface area contributed by atoms with Gasteiger partial charge in [-0.3, -0.25) is 4.79 Å². The van der Waals surface area contributed by atoms with Crippen LogP contribution in [0, 0.1) is 12.8 Å². The van der Waals surface area contributed by atoms with Crippen LogP contribution in [0.2, 0.25) is 0 Å². The van der Waals surface area contributed by atoms with Crippen LogP contribution in [0.5, 0.6) is 5.75 Å². The van der Waals surface area contributed by atoms with Gasteiger partial charge in [-0.05, 0) is 37.5 Å². The number of nitrogens with one attached hydrogen (secondary N) is 1. The van der Waals surface area contributed by atoms with Crippen LogP contribution >= 0.6 is 12.4 Å². The normalized spacial score (nSPS) is 18.3. The largest absolute Gasteiger partial charge is 0.495 e. The maximum Gasteiger partial charge on any atom is 0.246 e. The number of sulfonamides is 1. The predicted molar refractivity (Wildman–Crippen MR) is 98.5 cm³/mol. The Hall–Kier alpha value is -1.35. The molecule has 0 saturated carbocycles. The number of piperidine rings is 1. The van der Waals surface area contributed by atoms with Crippen LogP contribution in [0.3, 0.4) is 0 Å². The summed E-state index contributed by atoms with van der Waals surface area (Å²) in [5, 5.41) is 2.74. The molecule has 0 spiro atoms. The molecule has 0 bridgehead atoms. The lowest BCUT2D eigenvalue weighted by Crippen LogP contribution is -2.46. The van der Waals surface area contributed by atoms with Crippen molar-refractivity contribution in [2.45, 2.75) is 24.7 Å². The number of nitrogens with zero attached hydrogens (tertiary/aromatic N) is 1. The van der Waals surface area contributed by atoms with E-state index < -0.39 is 10.0 Å². The molecule has 2 rings (SSSR count). The van der Waals surface area contributed by atoms with Gasteiger partial charge in [-0.2, -0.15) is 4.31 Å². The molecule has 1 aromatic rings. The average Bonchev–Trinajstić information content (AvgIpc) is 2.59. The molecule has 0 aromatic heterocycles. The quantitative estimate of drug-likeness (QED) is 0.750. The average molecular weight is 392 g/mol. The van der Waals surface area contributed by atoms with E-state index >= 15 is 0 Å². The van der Waals surface area contributed by atoms with Crippen LogP contribution in [0.15, 0.2) is 23.1 Å². The molecule has 1 amide bonds. The summed E-state index contributed by atoms with van der Waals surface area (Å²) in [6.07, 6.45) is 1.32. The van der Waals surface area contributed by atoms with Crippen molar-refractivity contribution in [3.63, 3.8) is 0 Å². The van der Waals surface area contributed by atoms with E-state index in [-0.39, 0.29) is 35.7 Å². The highest BCUT2D eigenvalue weighted by molar-refractivity contribution is 7.89. The number of rotatable bonds is 6. The molecule has 142 valence electrons. The second-order valence-electron chi connectivity index (χ2n) is 5.94. The minimum absolute atomic E-state index is 0. The van der Waals surface area contributed by atoms with Crippen LogP contribution in [0.1, 0.15) is 18.4 Å². The molecule has 7 nitrogen and oxygen atoms in total. The number of benzene rings is 1. The standard InChI is InChI=1S/C16H25N3O4S.ClH/c1-12-5-6-14(23-2)15(10-12)24(21,22)19-9-3-4-13(11-19)16(20)18-8-7-17;/h5-6,10,13H,3-4,7-9,11,17H2,1-2H3,(H,18,20);1H. The van der Waals surface area contributed by atoms with Gasteiger partial charge < -0.3 is 15.8 Å². The Morgan fingerprint density at radius 3 is 2.80 bits per heavy atom. The Kier molecular flexibility index (Phi) is 8.14. The molecule has 1 aromatic carbocycles.